The van der Waals surface area contributed by atoms with E-state index in [1.54, 1.807) is 0 Å². The largest absolute Gasteiger partial charge is 0.409 e. The number of aliphatic hydroxyl groups is 1. The molecule has 0 heterocycles. The second-order valence-corrected chi connectivity index (χ2v) is 5.03. The first-order valence-corrected chi connectivity index (χ1v) is 5.89. The van der Waals surface area contributed by atoms with Crippen LogP contribution in [0.25, 0.3) is 0 Å². The lowest BCUT2D eigenvalue weighted by molar-refractivity contribution is 0.0963. The molecule has 5 N–H and O–H groups in total. The molecule has 0 aliphatic heterocycles. The van der Waals surface area contributed by atoms with Crippen LogP contribution in [0, 0.1) is 5.92 Å². The molecule has 3 atom stereocenters. The van der Waals surface area contributed by atoms with E-state index in [4.69, 9.17) is 10.9 Å². The maximum absolute atomic E-state index is 9.56. The molecule has 3 unspecified atom stereocenters. The molecule has 1 aliphatic carbocycles. The van der Waals surface area contributed by atoms with Crippen LogP contribution in [-0.4, -0.2) is 34.3 Å². The van der Waals surface area contributed by atoms with E-state index >= 15 is 0 Å². The zero-order chi connectivity index (χ0) is 12.2. The molecule has 1 saturated carbocycles. The molecule has 0 aromatic rings. The molecular formula is C11H23N3O2. The number of nitrogens with two attached hydrogens (primary N) is 1. The topological polar surface area (TPSA) is 90.9 Å². The number of rotatable bonds is 4. The van der Waals surface area contributed by atoms with Gasteiger partial charge >= 0.3 is 0 Å². The van der Waals surface area contributed by atoms with Crippen LogP contribution in [0.4, 0.5) is 0 Å². The number of amidine groups is 1. The first-order chi connectivity index (χ1) is 7.53. The third-order valence-corrected chi connectivity index (χ3v) is 3.48. The van der Waals surface area contributed by atoms with Crippen LogP contribution < -0.4 is 11.1 Å². The minimum atomic E-state index is -0.271. The molecule has 0 amide bonds. The Morgan fingerprint density at radius 1 is 1.69 bits per heavy atom. The average Bonchev–Trinajstić information content (AvgIpc) is 2.27. The monoisotopic (exact) mass is 229 g/mol. The van der Waals surface area contributed by atoms with Gasteiger partial charge in [0.2, 0.25) is 0 Å². The van der Waals surface area contributed by atoms with Crippen molar-refractivity contribution < 1.29 is 10.3 Å². The molecular weight excluding hydrogens is 206 g/mol. The molecule has 1 rings (SSSR count). The second-order valence-electron chi connectivity index (χ2n) is 5.03. The van der Waals surface area contributed by atoms with Gasteiger partial charge in [-0.1, -0.05) is 24.9 Å². The van der Waals surface area contributed by atoms with Crippen molar-refractivity contribution in [3.8, 4) is 0 Å². The van der Waals surface area contributed by atoms with E-state index in [1.807, 2.05) is 6.92 Å². The third-order valence-electron chi connectivity index (χ3n) is 3.48. The van der Waals surface area contributed by atoms with Crippen LogP contribution in [0.15, 0.2) is 5.16 Å². The predicted molar refractivity (Wildman–Crippen MR) is 63.5 cm³/mol. The van der Waals surface area contributed by atoms with Gasteiger partial charge in [0.05, 0.1) is 12.6 Å². The molecule has 5 heteroatoms. The van der Waals surface area contributed by atoms with Crippen molar-refractivity contribution >= 4 is 5.84 Å². The smallest absolute Gasteiger partial charge is 0.156 e. The molecule has 94 valence electrons. The minimum Gasteiger partial charge on any atom is -0.409 e. The molecule has 0 radical (unpaired) electrons. The van der Waals surface area contributed by atoms with Gasteiger partial charge in [-0.05, 0) is 25.7 Å². The van der Waals surface area contributed by atoms with Gasteiger partial charge in [-0.25, -0.2) is 0 Å². The van der Waals surface area contributed by atoms with Crippen LogP contribution in [0.3, 0.4) is 0 Å². The van der Waals surface area contributed by atoms with E-state index < -0.39 is 0 Å². The van der Waals surface area contributed by atoms with Gasteiger partial charge < -0.3 is 16.0 Å². The standard InChI is InChI=1S/C11H23N3O2/c1-8-4-3-5-11(6-8,7-15)13-9(2)10(12)14-16/h8-9,13,15-16H,3-7H2,1-2H3,(H2,12,14). The summed E-state index contributed by atoms with van der Waals surface area (Å²) in [6, 6.07) is -0.220. The maximum atomic E-state index is 9.56. The molecule has 1 aliphatic rings. The highest BCUT2D eigenvalue weighted by Crippen LogP contribution is 2.32. The summed E-state index contributed by atoms with van der Waals surface area (Å²) in [5, 5.41) is 24.4. The van der Waals surface area contributed by atoms with Crippen molar-refractivity contribution in [2.24, 2.45) is 16.8 Å². The summed E-state index contributed by atoms with van der Waals surface area (Å²) in [5.74, 6) is 0.763. The van der Waals surface area contributed by atoms with E-state index in [9.17, 15) is 5.11 Å². The Morgan fingerprint density at radius 3 is 2.88 bits per heavy atom. The summed E-state index contributed by atoms with van der Waals surface area (Å²) in [5.41, 5.74) is 5.27. The lowest BCUT2D eigenvalue weighted by Crippen LogP contribution is -2.57. The van der Waals surface area contributed by atoms with Gasteiger partial charge in [-0.15, -0.1) is 0 Å². The fourth-order valence-electron chi connectivity index (χ4n) is 2.60. The van der Waals surface area contributed by atoms with Crippen molar-refractivity contribution in [3.63, 3.8) is 0 Å². The third kappa shape index (κ3) is 3.09. The number of nitrogens with one attached hydrogen (secondary N) is 1. The SMILES string of the molecule is CC1CCCC(CO)(NC(C)C(N)=NO)C1. The lowest BCUT2D eigenvalue weighted by atomic mass is 9.76. The van der Waals surface area contributed by atoms with Crippen LogP contribution in [0.1, 0.15) is 39.5 Å². The van der Waals surface area contributed by atoms with Crippen molar-refractivity contribution in [1.29, 1.82) is 0 Å². The number of oxime groups is 1. The van der Waals surface area contributed by atoms with Gasteiger partial charge in [0.25, 0.3) is 0 Å². The van der Waals surface area contributed by atoms with Gasteiger partial charge in [0, 0.05) is 5.54 Å². The van der Waals surface area contributed by atoms with E-state index in [0.29, 0.717) is 5.92 Å². The first-order valence-electron chi connectivity index (χ1n) is 5.89. The molecule has 1 fully saturated rings. The summed E-state index contributed by atoms with van der Waals surface area (Å²) >= 11 is 0. The fourth-order valence-corrected chi connectivity index (χ4v) is 2.60. The number of nitrogens with zero attached hydrogens (tertiary/aromatic N) is 1. The predicted octanol–water partition coefficient (Wildman–Crippen LogP) is 0.652. The molecule has 0 spiro atoms. The Bertz CT molecular complexity index is 258. The fraction of sp³-hybridized carbons (Fsp3) is 0.909. The van der Waals surface area contributed by atoms with E-state index in [2.05, 4.69) is 17.4 Å². The molecule has 0 saturated heterocycles. The first kappa shape index (κ1) is 13.3. The summed E-state index contributed by atoms with van der Waals surface area (Å²) in [6.45, 7) is 4.13. The summed E-state index contributed by atoms with van der Waals surface area (Å²) in [6.07, 6.45) is 4.20. The summed E-state index contributed by atoms with van der Waals surface area (Å²) in [4.78, 5) is 0. The van der Waals surface area contributed by atoms with Crippen LogP contribution in [-0.2, 0) is 0 Å². The van der Waals surface area contributed by atoms with Gasteiger partial charge in [-0.3, -0.25) is 5.32 Å². The summed E-state index contributed by atoms with van der Waals surface area (Å²) < 4.78 is 0. The van der Waals surface area contributed by atoms with Crippen LogP contribution in [0.5, 0.6) is 0 Å². The Morgan fingerprint density at radius 2 is 2.38 bits per heavy atom. The highest BCUT2D eigenvalue weighted by atomic mass is 16.4. The highest BCUT2D eigenvalue weighted by molar-refractivity contribution is 5.84. The van der Waals surface area contributed by atoms with Crippen molar-refractivity contribution in [2.45, 2.75) is 51.1 Å². The number of hydrogen-bond donors (Lipinski definition) is 4. The number of hydrogen-bond acceptors (Lipinski definition) is 4. The maximum Gasteiger partial charge on any atom is 0.156 e. The molecule has 0 aromatic heterocycles. The summed E-state index contributed by atoms with van der Waals surface area (Å²) in [7, 11) is 0. The highest BCUT2D eigenvalue weighted by Gasteiger charge is 2.35. The quantitative estimate of drug-likeness (QED) is 0.246. The van der Waals surface area contributed by atoms with Gasteiger partial charge in [0.15, 0.2) is 5.84 Å². The van der Waals surface area contributed by atoms with Crippen molar-refractivity contribution in [1.82, 2.24) is 5.32 Å². The zero-order valence-corrected chi connectivity index (χ0v) is 10.1. The second kappa shape index (κ2) is 5.50. The van der Waals surface area contributed by atoms with E-state index in [-0.39, 0.29) is 24.0 Å². The Balaban J connectivity index is 2.66. The molecule has 16 heavy (non-hydrogen) atoms. The van der Waals surface area contributed by atoms with E-state index in [1.165, 1.54) is 6.42 Å². The molecule has 0 bridgehead atoms. The Hall–Kier alpha value is -0.810. The van der Waals surface area contributed by atoms with E-state index in [0.717, 1.165) is 19.3 Å². The Kier molecular flexibility index (Phi) is 4.56. The zero-order valence-electron chi connectivity index (χ0n) is 10.1. The molecule has 5 nitrogen and oxygen atoms in total. The lowest BCUT2D eigenvalue weighted by Gasteiger charge is -2.41. The normalized spacial score (nSPS) is 33.7. The van der Waals surface area contributed by atoms with Crippen molar-refractivity contribution in [2.75, 3.05) is 6.61 Å². The molecule has 0 aromatic carbocycles. The van der Waals surface area contributed by atoms with Crippen LogP contribution >= 0.6 is 0 Å². The minimum absolute atomic E-state index is 0.0976. The van der Waals surface area contributed by atoms with Crippen molar-refractivity contribution in [3.05, 3.63) is 0 Å². The Labute approximate surface area is 96.7 Å². The van der Waals surface area contributed by atoms with Gasteiger partial charge in [0.1, 0.15) is 0 Å². The van der Waals surface area contributed by atoms with Crippen LogP contribution in [0.2, 0.25) is 0 Å². The average molecular weight is 229 g/mol. The van der Waals surface area contributed by atoms with Gasteiger partial charge in [-0.2, -0.15) is 0 Å². The number of aliphatic hydroxyl groups excluding tert-OH is 1.